The molecule has 0 aromatic heterocycles. The molecular weight excluding hydrogens is 442 g/mol. The van der Waals surface area contributed by atoms with Crippen molar-refractivity contribution >= 4 is 38.9 Å². The molecule has 3 aromatic carbocycles. The van der Waals surface area contributed by atoms with Crippen LogP contribution in [0.25, 0.3) is 0 Å². The van der Waals surface area contributed by atoms with Gasteiger partial charge in [-0.15, -0.1) is 0 Å². The van der Waals surface area contributed by atoms with Crippen LogP contribution in [0, 0.1) is 10.1 Å². The van der Waals surface area contributed by atoms with E-state index in [-0.39, 0.29) is 21.8 Å². The second kappa shape index (κ2) is 9.15. The van der Waals surface area contributed by atoms with Crippen molar-refractivity contribution in [1.82, 2.24) is 4.90 Å². The molecule has 0 aliphatic carbocycles. The average molecular weight is 460 g/mol. The molecule has 0 aliphatic heterocycles. The minimum Gasteiger partial charge on any atom is -0.337 e. The van der Waals surface area contributed by atoms with Crippen LogP contribution in [0.3, 0.4) is 0 Å². The Kier molecular flexibility index (Phi) is 6.57. The molecule has 0 saturated carbocycles. The Balaban J connectivity index is 1.85. The van der Waals surface area contributed by atoms with Gasteiger partial charge in [0.1, 0.15) is 0 Å². The number of nitro benzene ring substituents is 1. The molecule has 3 rings (SSSR count). The largest absolute Gasteiger partial charge is 0.337 e. The number of nitro groups is 1. The molecule has 160 valence electrons. The number of benzene rings is 3. The zero-order valence-corrected chi connectivity index (χ0v) is 17.9. The van der Waals surface area contributed by atoms with Crippen LogP contribution >= 0.6 is 11.6 Å². The van der Waals surface area contributed by atoms with E-state index in [4.69, 9.17) is 11.6 Å². The molecule has 0 bridgehead atoms. The number of non-ortho nitro benzene ring substituents is 1. The highest BCUT2D eigenvalue weighted by molar-refractivity contribution is 7.92. The Morgan fingerprint density at radius 3 is 2.42 bits per heavy atom. The zero-order valence-electron chi connectivity index (χ0n) is 16.4. The van der Waals surface area contributed by atoms with Gasteiger partial charge in [0.25, 0.3) is 21.6 Å². The number of anilines is 1. The van der Waals surface area contributed by atoms with Crippen LogP contribution < -0.4 is 4.72 Å². The molecule has 0 spiro atoms. The summed E-state index contributed by atoms with van der Waals surface area (Å²) in [5.41, 5.74) is 0.722. The van der Waals surface area contributed by atoms with E-state index in [1.165, 1.54) is 35.2 Å². The van der Waals surface area contributed by atoms with Gasteiger partial charge in [-0.05, 0) is 35.9 Å². The highest BCUT2D eigenvalue weighted by Crippen LogP contribution is 2.24. The maximum atomic E-state index is 13.0. The van der Waals surface area contributed by atoms with Crippen molar-refractivity contribution in [1.29, 1.82) is 0 Å². The Hall–Kier alpha value is -3.43. The lowest BCUT2D eigenvalue weighted by molar-refractivity contribution is -0.385. The third-order valence-electron chi connectivity index (χ3n) is 4.42. The summed E-state index contributed by atoms with van der Waals surface area (Å²) >= 11 is 5.88. The molecule has 0 saturated heterocycles. The van der Waals surface area contributed by atoms with Crippen molar-refractivity contribution in [2.75, 3.05) is 11.8 Å². The Morgan fingerprint density at radius 2 is 1.74 bits per heavy atom. The van der Waals surface area contributed by atoms with Gasteiger partial charge in [0.2, 0.25) is 0 Å². The summed E-state index contributed by atoms with van der Waals surface area (Å²) < 4.78 is 27.9. The Morgan fingerprint density at radius 1 is 1.06 bits per heavy atom. The second-order valence-electron chi connectivity index (χ2n) is 6.69. The SMILES string of the molecule is CN(Cc1ccc(Cl)cc1)C(=O)c1ccccc1NS(=O)(=O)c1cccc([N+](=O)[O-])c1. The van der Waals surface area contributed by atoms with Crippen molar-refractivity contribution in [3.63, 3.8) is 0 Å². The van der Waals surface area contributed by atoms with E-state index >= 15 is 0 Å². The molecule has 0 unspecified atom stereocenters. The predicted octanol–water partition coefficient (Wildman–Crippen LogP) is 4.32. The van der Waals surface area contributed by atoms with Crippen LogP contribution in [-0.2, 0) is 16.6 Å². The van der Waals surface area contributed by atoms with Gasteiger partial charge in [-0.25, -0.2) is 8.42 Å². The average Bonchev–Trinajstić information content (AvgIpc) is 2.75. The third kappa shape index (κ3) is 5.39. The number of rotatable bonds is 7. The summed E-state index contributed by atoms with van der Waals surface area (Å²) in [7, 11) is -2.55. The summed E-state index contributed by atoms with van der Waals surface area (Å²) in [4.78, 5) is 24.4. The summed E-state index contributed by atoms with van der Waals surface area (Å²) in [6.45, 7) is 0.294. The third-order valence-corrected chi connectivity index (χ3v) is 6.04. The molecular formula is C21H18ClN3O5S. The first-order valence-electron chi connectivity index (χ1n) is 9.03. The quantitative estimate of drug-likeness (QED) is 0.418. The lowest BCUT2D eigenvalue weighted by atomic mass is 10.1. The maximum absolute atomic E-state index is 13.0. The van der Waals surface area contributed by atoms with Crippen LogP contribution in [-0.4, -0.2) is 31.2 Å². The number of sulfonamides is 1. The van der Waals surface area contributed by atoms with Gasteiger partial charge in [0.05, 0.1) is 21.1 Å². The van der Waals surface area contributed by atoms with Crippen molar-refractivity contribution < 1.29 is 18.1 Å². The van der Waals surface area contributed by atoms with Gasteiger partial charge in [-0.1, -0.05) is 41.9 Å². The molecule has 1 amide bonds. The number of hydrogen-bond donors (Lipinski definition) is 1. The smallest absolute Gasteiger partial charge is 0.270 e. The predicted molar refractivity (Wildman–Crippen MR) is 118 cm³/mol. The number of carbonyl (C=O) groups excluding carboxylic acids is 1. The number of halogens is 1. The fraction of sp³-hybridized carbons (Fsp3) is 0.0952. The molecule has 31 heavy (non-hydrogen) atoms. The van der Waals surface area contributed by atoms with E-state index in [1.54, 1.807) is 43.4 Å². The number of carbonyl (C=O) groups is 1. The number of amides is 1. The minimum absolute atomic E-state index is 0.0713. The normalized spacial score (nSPS) is 11.0. The van der Waals surface area contributed by atoms with E-state index in [2.05, 4.69) is 4.72 Å². The molecule has 0 heterocycles. The lowest BCUT2D eigenvalue weighted by Crippen LogP contribution is -2.27. The summed E-state index contributed by atoms with van der Waals surface area (Å²) in [5, 5.41) is 11.5. The minimum atomic E-state index is -4.15. The molecule has 0 aliphatic rings. The standard InChI is InChI=1S/C21H18ClN3O5S/c1-24(14-15-9-11-16(22)12-10-15)21(26)19-7-2-3-8-20(19)23-31(29,30)18-6-4-5-17(13-18)25(27)28/h2-13,23H,14H2,1H3. The number of hydrogen-bond acceptors (Lipinski definition) is 5. The van der Waals surface area contributed by atoms with E-state index in [1.807, 2.05) is 0 Å². The number of nitrogens with one attached hydrogen (secondary N) is 1. The van der Waals surface area contributed by atoms with Crippen LogP contribution in [0.15, 0.2) is 77.7 Å². The first-order valence-corrected chi connectivity index (χ1v) is 10.9. The highest BCUT2D eigenvalue weighted by atomic mass is 35.5. The van der Waals surface area contributed by atoms with Crippen LogP contribution in [0.5, 0.6) is 0 Å². The second-order valence-corrected chi connectivity index (χ2v) is 8.81. The van der Waals surface area contributed by atoms with Crippen molar-refractivity contribution in [3.05, 3.63) is 99.1 Å². The summed E-state index contributed by atoms with van der Waals surface area (Å²) in [6, 6.07) is 17.9. The van der Waals surface area contributed by atoms with Gasteiger partial charge in [0, 0.05) is 30.7 Å². The monoisotopic (exact) mass is 459 g/mol. The van der Waals surface area contributed by atoms with Gasteiger partial charge >= 0.3 is 0 Å². The number of para-hydroxylation sites is 1. The Labute approximate surface area is 184 Å². The molecule has 8 nitrogen and oxygen atoms in total. The van der Waals surface area contributed by atoms with E-state index in [0.717, 1.165) is 11.6 Å². The van der Waals surface area contributed by atoms with Crippen molar-refractivity contribution in [2.24, 2.45) is 0 Å². The van der Waals surface area contributed by atoms with Crippen LogP contribution in [0.2, 0.25) is 5.02 Å². The van der Waals surface area contributed by atoms with Gasteiger partial charge in [0.15, 0.2) is 0 Å². The lowest BCUT2D eigenvalue weighted by Gasteiger charge is -2.20. The molecule has 0 atom stereocenters. The fourth-order valence-electron chi connectivity index (χ4n) is 2.87. The molecule has 0 fully saturated rings. The van der Waals surface area contributed by atoms with Crippen LogP contribution in [0.4, 0.5) is 11.4 Å². The van der Waals surface area contributed by atoms with Crippen molar-refractivity contribution in [3.8, 4) is 0 Å². The number of nitrogens with zero attached hydrogens (tertiary/aromatic N) is 2. The Bertz CT molecular complexity index is 1230. The molecule has 3 aromatic rings. The van der Waals surface area contributed by atoms with Crippen molar-refractivity contribution in [2.45, 2.75) is 11.4 Å². The fourth-order valence-corrected chi connectivity index (χ4v) is 4.11. The van der Waals surface area contributed by atoms with Crippen LogP contribution in [0.1, 0.15) is 15.9 Å². The van der Waals surface area contributed by atoms with E-state index < -0.39 is 20.9 Å². The molecule has 1 N–H and O–H groups in total. The topological polar surface area (TPSA) is 110 Å². The highest BCUT2D eigenvalue weighted by Gasteiger charge is 2.22. The maximum Gasteiger partial charge on any atom is 0.270 e. The first kappa shape index (κ1) is 22.3. The summed E-state index contributed by atoms with van der Waals surface area (Å²) in [5.74, 6) is -0.396. The summed E-state index contributed by atoms with van der Waals surface area (Å²) in [6.07, 6.45) is 0. The van der Waals surface area contributed by atoms with E-state index in [9.17, 15) is 23.3 Å². The zero-order chi connectivity index (χ0) is 22.6. The first-order chi connectivity index (χ1) is 14.7. The van der Waals surface area contributed by atoms with Gasteiger partial charge < -0.3 is 4.90 Å². The van der Waals surface area contributed by atoms with Gasteiger partial charge in [-0.3, -0.25) is 19.6 Å². The molecule has 10 heteroatoms. The van der Waals surface area contributed by atoms with E-state index in [0.29, 0.717) is 11.6 Å². The molecule has 0 radical (unpaired) electrons. The van der Waals surface area contributed by atoms with Gasteiger partial charge in [-0.2, -0.15) is 0 Å².